The number of carbonyl (C=O) groups is 1. The molecule has 0 aliphatic heterocycles. The van der Waals surface area contributed by atoms with Crippen LogP contribution in [0.15, 0.2) is 30.3 Å². The third-order valence-corrected chi connectivity index (χ3v) is 2.73. The quantitative estimate of drug-likeness (QED) is 0.802. The Hall–Kier alpha value is -1.55. The molecule has 0 saturated heterocycles. The van der Waals surface area contributed by atoms with Gasteiger partial charge in [0.1, 0.15) is 5.75 Å². The number of para-hydroxylation sites is 1. The Morgan fingerprint density at radius 1 is 1.33 bits per heavy atom. The molecule has 0 bridgehead atoms. The van der Waals surface area contributed by atoms with Gasteiger partial charge in [-0.2, -0.15) is 0 Å². The molecule has 1 amide bonds. The zero-order chi connectivity index (χ0) is 13.4. The largest absolute Gasteiger partial charge is 0.481 e. The SMILES string of the molecule is CCC(Oc1ccccc1)C(=O)N(CC)CCO. The van der Waals surface area contributed by atoms with Crippen LogP contribution in [-0.2, 0) is 4.79 Å². The van der Waals surface area contributed by atoms with Crippen molar-refractivity contribution < 1.29 is 14.6 Å². The molecular weight excluding hydrogens is 230 g/mol. The first-order chi connectivity index (χ1) is 8.72. The van der Waals surface area contributed by atoms with Gasteiger partial charge in [0, 0.05) is 13.1 Å². The highest BCUT2D eigenvalue weighted by Crippen LogP contribution is 2.14. The van der Waals surface area contributed by atoms with Crippen molar-refractivity contribution in [3.63, 3.8) is 0 Å². The van der Waals surface area contributed by atoms with Gasteiger partial charge in [0.05, 0.1) is 6.61 Å². The van der Waals surface area contributed by atoms with Crippen molar-refractivity contribution in [2.45, 2.75) is 26.4 Å². The summed E-state index contributed by atoms with van der Waals surface area (Å²) in [5.41, 5.74) is 0. The lowest BCUT2D eigenvalue weighted by molar-refractivity contribution is -0.139. The number of benzene rings is 1. The molecule has 1 unspecified atom stereocenters. The number of hydrogen-bond acceptors (Lipinski definition) is 3. The van der Waals surface area contributed by atoms with Gasteiger partial charge < -0.3 is 14.7 Å². The minimum atomic E-state index is -0.487. The normalized spacial score (nSPS) is 11.9. The highest BCUT2D eigenvalue weighted by molar-refractivity contribution is 5.81. The number of aliphatic hydroxyl groups is 1. The average Bonchev–Trinajstić information content (AvgIpc) is 2.42. The fraction of sp³-hybridized carbons (Fsp3) is 0.500. The molecule has 1 N–H and O–H groups in total. The van der Waals surface area contributed by atoms with E-state index in [0.717, 1.165) is 0 Å². The van der Waals surface area contributed by atoms with Gasteiger partial charge in [-0.25, -0.2) is 0 Å². The van der Waals surface area contributed by atoms with E-state index in [9.17, 15) is 4.79 Å². The molecule has 0 aliphatic carbocycles. The van der Waals surface area contributed by atoms with Crippen LogP contribution in [0.2, 0.25) is 0 Å². The predicted octanol–water partition coefficient (Wildman–Crippen LogP) is 1.68. The molecule has 4 nitrogen and oxygen atoms in total. The van der Waals surface area contributed by atoms with E-state index < -0.39 is 6.10 Å². The maximum atomic E-state index is 12.2. The second-order valence-electron chi connectivity index (χ2n) is 3.97. The summed E-state index contributed by atoms with van der Waals surface area (Å²) < 4.78 is 5.68. The van der Waals surface area contributed by atoms with Crippen LogP contribution in [0.25, 0.3) is 0 Å². The summed E-state index contributed by atoms with van der Waals surface area (Å²) in [5, 5.41) is 8.93. The summed E-state index contributed by atoms with van der Waals surface area (Å²) in [6.07, 6.45) is 0.120. The number of rotatable bonds is 7. The van der Waals surface area contributed by atoms with Gasteiger partial charge in [-0.05, 0) is 25.5 Å². The molecule has 0 aliphatic rings. The number of nitrogens with zero attached hydrogens (tertiary/aromatic N) is 1. The molecule has 0 heterocycles. The second kappa shape index (κ2) is 7.71. The van der Waals surface area contributed by atoms with Gasteiger partial charge in [-0.3, -0.25) is 4.79 Å². The van der Waals surface area contributed by atoms with E-state index in [-0.39, 0.29) is 12.5 Å². The third-order valence-electron chi connectivity index (χ3n) is 2.73. The lowest BCUT2D eigenvalue weighted by Crippen LogP contribution is -2.42. The molecule has 1 rings (SSSR count). The summed E-state index contributed by atoms with van der Waals surface area (Å²) >= 11 is 0. The van der Waals surface area contributed by atoms with Crippen molar-refractivity contribution in [3.8, 4) is 5.75 Å². The van der Waals surface area contributed by atoms with Crippen molar-refractivity contribution in [1.82, 2.24) is 4.90 Å². The number of carbonyl (C=O) groups excluding carboxylic acids is 1. The van der Waals surface area contributed by atoms with Crippen LogP contribution in [0.3, 0.4) is 0 Å². The average molecular weight is 251 g/mol. The smallest absolute Gasteiger partial charge is 0.263 e. The molecular formula is C14H21NO3. The van der Waals surface area contributed by atoms with E-state index in [1.165, 1.54) is 0 Å². The topological polar surface area (TPSA) is 49.8 Å². The molecule has 1 aromatic carbocycles. The predicted molar refractivity (Wildman–Crippen MR) is 70.5 cm³/mol. The van der Waals surface area contributed by atoms with Gasteiger partial charge >= 0.3 is 0 Å². The first-order valence-electron chi connectivity index (χ1n) is 6.34. The monoisotopic (exact) mass is 251 g/mol. The molecule has 0 saturated carbocycles. The Morgan fingerprint density at radius 3 is 2.50 bits per heavy atom. The van der Waals surface area contributed by atoms with Gasteiger partial charge in [0.15, 0.2) is 6.10 Å². The van der Waals surface area contributed by atoms with Gasteiger partial charge in [-0.15, -0.1) is 0 Å². The number of amides is 1. The first-order valence-corrected chi connectivity index (χ1v) is 6.34. The summed E-state index contributed by atoms with van der Waals surface area (Å²) in [4.78, 5) is 13.8. The highest BCUT2D eigenvalue weighted by atomic mass is 16.5. The minimum Gasteiger partial charge on any atom is -0.481 e. The van der Waals surface area contributed by atoms with Crippen molar-refractivity contribution in [3.05, 3.63) is 30.3 Å². The van der Waals surface area contributed by atoms with E-state index >= 15 is 0 Å². The zero-order valence-electron chi connectivity index (χ0n) is 11.0. The van der Waals surface area contributed by atoms with Crippen LogP contribution in [0.4, 0.5) is 0 Å². The minimum absolute atomic E-state index is 0.0264. The van der Waals surface area contributed by atoms with E-state index in [2.05, 4.69) is 0 Å². The second-order valence-corrected chi connectivity index (χ2v) is 3.97. The van der Waals surface area contributed by atoms with Gasteiger partial charge in [0.2, 0.25) is 0 Å². The molecule has 0 radical (unpaired) electrons. The van der Waals surface area contributed by atoms with Crippen molar-refractivity contribution in [1.29, 1.82) is 0 Å². The molecule has 0 spiro atoms. The number of likely N-dealkylation sites (N-methyl/N-ethyl adjacent to an activating group) is 1. The molecule has 0 fully saturated rings. The standard InChI is InChI=1S/C14H21NO3/c1-3-13(14(17)15(4-2)10-11-16)18-12-8-6-5-7-9-12/h5-9,13,16H,3-4,10-11H2,1-2H3. The maximum absolute atomic E-state index is 12.2. The molecule has 18 heavy (non-hydrogen) atoms. The zero-order valence-corrected chi connectivity index (χ0v) is 11.0. The van der Waals surface area contributed by atoms with Crippen molar-refractivity contribution in [2.24, 2.45) is 0 Å². The van der Waals surface area contributed by atoms with E-state index in [0.29, 0.717) is 25.3 Å². The number of aliphatic hydroxyl groups excluding tert-OH is 1. The van der Waals surface area contributed by atoms with E-state index in [1.54, 1.807) is 4.90 Å². The Morgan fingerprint density at radius 2 is 2.00 bits per heavy atom. The van der Waals surface area contributed by atoms with Crippen LogP contribution in [0.5, 0.6) is 5.75 Å². The molecule has 1 aromatic rings. The van der Waals surface area contributed by atoms with Gasteiger partial charge in [-0.1, -0.05) is 25.1 Å². The number of hydrogen-bond donors (Lipinski definition) is 1. The summed E-state index contributed by atoms with van der Waals surface area (Å²) in [6.45, 7) is 4.71. The Kier molecular flexibility index (Phi) is 6.22. The van der Waals surface area contributed by atoms with Crippen LogP contribution >= 0.6 is 0 Å². The molecule has 100 valence electrons. The lowest BCUT2D eigenvalue weighted by atomic mass is 10.2. The summed E-state index contributed by atoms with van der Waals surface area (Å²) in [7, 11) is 0. The Bertz CT molecular complexity index is 353. The van der Waals surface area contributed by atoms with Crippen LogP contribution in [0.1, 0.15) is 20.3 Å². The third kappa shape index (κ3) is 4.04. The lowest BCUT2D eigenvalue weighted by Gasteiger charge is -2.25. The molecule has 0 aromatic heterocycles. The van der Waals surface area contributed by atoms with Crippen molar-refractivity contribution >= 4 is 5.91 Å². The molecule has 1 atom stereocenters. The highest BCUT2D eigenvalue weighted by Gasteiger charge is 2.23. The first kappa shape index (κ1) is 14.5. The maximum Gasteiger partial charge on any atom is 0.263 e. The van der Waals surface area contributed by atoms with Crippen LogP contribution in [0, 0.1) is 0 Å². The summed E-state index contributed by atoms with van der Waals surface area (Å²) in [6, 6.07) is 9.31. The fourth-order valence-electron chi connectivity index (χ4n) is 1.72. The van der Waals surface area contributed by atoms with Crippen LogP contribution in [-0.4, -0.2) is 41.7 Å². The van der Waals surface area contributed by atoms with Crippen LogP contribution < -0.4 is 4.74 Å². The summed E-state index contributed by atoms with van der Waals surface area (Å²) in [5.74, 6) is 0.621. The van der Waals surface area contributed by atoms with E-state index in [4.69, 9.17) is 9.84 Å². The van der Waals surface area contributed by atoms with Gasteiger partial charge in [0.25, 0.3) is 5.91 Å². The van der Waals surface area contributed by atoms with Crippen molar-refractivity contribution in [2.75, 3.05) is 19.7 Å². The van der Waals surface area contributed by atoms with E-state index in [1.807, 2.05) is 44.2 Å². The fourth-order valence-corrected chi connectivity index (χ4v) is 1.72. The Balaban J connectivity index is 2.67. The number of ether oxygens (including phenoxy) is 1. The molecule has 4 heteroatoms. The Labute approximate surface area is 108 Å².